The highest BCUT2D eigenvalue weighted by Gasteiger charge is 2.19. The summed E-state index contributed by atoms with van der Waals surface area (Å²) >= 11 is 0. The van der Waals surface area contributed by atoms with Gasteiger partial charge in [-0.15, -0.1) is 0 Å². The molecule has 0 unspecified atom stereocenters. The van der Waals surface area contributed by atoms with Gasteiger partial charge in [-0.2, -0.15) is 0 Å². The van der Waals surface area contributed by atoms with Crippen LogP contribution < -0.4 is 5.56 Å². The number of aryl methyl sites for hydroxylation is 1. The van der Waals surface area contributed by atoms with Crippen LogP contribution in [0, 0.1) is 13.8 Å². The van der Waals surface area contributed by atoms with E-state index in [2.05, 4.69) is 4.98 Å². The van der Waals surface area contributed by atoms with E-state index in [-0.39, 0.29) is 11.3 Å². The van der Waals surface area contributed by atoms with Gasteiger partial charge in [0, 0.05) is 47.6 Å². The zero-order valence-corrected chi connectivity index (χ0v) is 16.1. The van der Waals surface area contributed by atoms with Gasteiger partial charge >= 0.3 is 5.97 Å². The molecule has 7 heteroatoms. The van der Waals surface area contributed by atoms with Crippen molar-refractivity contribution in [3.05, 3.63) is 69.3 Å². The summed E-state index contributed by atoms with van der Waals surface area (Å²) in [5, 5.41) is 0.567. The van der Waals surface area contributed by atoms with Crippen molar-refractivity contribution in [2.45, 2.75) is 20.4 Å². The Morgan fingerprint density at radius 2 is 1.86 bits per heavy atom. The van der Waals surface area contributed by atoms with Gasteiger partial charge in [-0.3, -0.25) is 9.59 Å². The number of H-pyrrole nitrogens is 1. The molecule has 0 aliphatic heterocycles. The summed E-state index contributed by atoms with van der Waals surface area (Å²) in [5.41, 5.74) is 2.52. The van der Waals surface area contributed by atoms with Gasteiger partial charge in [0.1, 0.15) is 0 Å². The average molecular weight is 382 g/mol. The first-order valence-electron chi connectivity index (χ1n) is 8.90. The van der Waals surface area contributed by atoms with Gasteiger partial charge in [-0.1, -0.05) is 18.2 Å². The topological polar surface area (TPSA) is 90.4 Å². The number of carbonyl (C=O) groups is 2. The van der Waals surface area contributed by atoms with Crippen molar-refractivity contribution in [1.29, 1.82) is 0 Å². The molecule has 7 nitrogen and oxygen atoms in total. The first-order chi connectivity index (χ1) is 13.4. The quantitative estimate of drug-likeness (QED) is 0.501. The van der Waals surface area contributed by atoms with E-state index < -0.39 is 18.1 Å². The number of hydrogen-bond acceptors (Lipinski definition) is 5. The van der Waals surface area contributed by atoms with Gasteiger partial charge in [-0.25, -0.2) is 4.79 Å². The summed E-state index contributed by atoms with van der Waals surface area (Å²) in [6.07, 6.45) is 0. The molecule has 3 aromatic rings. The summed E-state index contributed by atoms with van der Waals surface area (Å²) in [6, 6.07) is 9.91. The molecule has 0 saturated heterocycles. The fourth-order valence-corrected chi connectivity index (χ4v) is 3.27. The number of ether oxygens (including phenoxy) is 2. The molecule has 3 rings (SSSR count). The van der Waals surface area contributed by atoms with E-state index in [0.29, 0.717) is 29.6 Å². The van der Waals surface area contributed by atoms with Crippen molar-refractivity contribution in [1.82, 2.24) is 9.55 Å². The first-order valence-corrected chi connectivity index (χ1v) is 8.90. The van der Waals surface area contributed by atoms with Gasteiger partial charge in [0.25, 0.3) is 0 Å². The SMILES string of the molecule is COCCn1c(C)cc(C(=O)COC(=O)c2cc(=O)[nH]c3ccccc23)c1C. The number of Topliss-reactive ketones (excluding diaryl/α,β-unsaturated/α-hetero) is 1. The number of ketones is 1. The summed E-state index contributed by atoms with van der Waals surface area (Å²) in [7, 11) is 1.62. The van der Waals surface area contributed by atoms with E-state index in [0.717, 1.165) is 11.4 Å². The number of esters is 1. The number of hydrogen-bond donors (Lipinski definition) is 1. The second-order valence-corrected chi connectivity index (χ2v) is 6.52. The molecular formula is C21H22N2O5. The Morgan fingerprint density at radius 3 is 2.61 bits per heavy atom. The van der Waals surface area contributed by atoms with E-state index in [1.54, 1.807) is 37.4 Å². The monoisotopic (exact) mass is 382 g/mol. The predicted molar refractivity (Wildman–Crippen MR) is 105 cm³/mol. The maximum Gasteiger partial charge on any atom is 0.339 e. The van der Waals surface area contributed by atoms with Crippen LogP contribution in [0.1, 0.15) is 32.1 Å². The van der Waals surface area contributed by atoms with Gasteiger partial charge in [0.15, 0.2) is 6.61 Å². The smallest absolute Gasteiger partial charge is 0.339 e. The van der Waals surface area contributed by atoms with Gasteiger partial charge in [0.05, 0.1) is 12.2 Å². The molecule has 28 heavy (non-hydrogen) atoms. The molecule has 1 aromatic carbocycles. The first kappa shape index (κ1) is 19.6. The molecule has 0 aliphatic carbocycles. The number of nitrogens with zero attached hydrogens (tertiary/aromatic N) is 1. The fourth-order valence-electron chi connectivity index (χ4n) is 3.27. The third kappa shape index (κ3) is 3.89. The maximum atomic E-state index is 12.6. The van der Waals surface area contributed by atoms with Gasteiger partial charge in [0.2, 0.25) is 11.3 Å². The zero-order valence-electron chi connectivity index (χ0n) is 16.1. The molecular weight excluding hydrogens is 360 g/mol. The normalized spacial score (nSPS) is 11.0. The minimum absolute atomic E-state index is 0.137. The minimum Gasteiger partial charge on any atom is -0.454 e. The van der Waals surface area contributed by atoms with Crippen molar-refractivity contribution >= 4 is 22.7 Å². The van der Waals surface area contributed by atoms with Gasteiger partial charge < -0.3 is 19.0 Å². The lowest BCUT2D eigenvalue weighted by atomic mass is 10.1. The highest BCUT2D eigenvalue weighted by Crippen LogP contribution is 2.18. The van der Waals surface area contributed by atoms with Crippen LogP contribution >= 0.6 is 0 Å². The second-order valence-electron chi connectivity index (χ2n) is 6.52. The Kier molecular flexibility index (Phi) is 5.75. The number of para-hydroxylation sites is 1. The van der Waals surface area contributed by atoms with E-state index in [1.165, 1.54) is 6.07 Å². The van der Waals surface area contributed by atoms with E-state index in [9.17, 15) is 14.4 Å². The summed E-state index contributed by atoms with van der Waals surface area (Å²) < 4.78 is 12.3. The number of nitrogens with one attached hydrogen (secondary N) is 1. The molecule has 0 bridgehead atoms. The molecule has 2 aromatic heterocycles. The average Bonchev–Trinajstić information content (AvgIpc) is 2.97. The lowest BCUT2D eigenvalue weighted by Gasteiger charge is -2.09. The van der Waals surface area contributed by atoms with Crippen molar-refractivity contribution in [3.8, 4) is 0 Å². The number of carbonyl (C=O) groups excluding carboxylic acids is 2. The van der Waals surface area contributed by atoms with Crippen molar-refractivity contribution in [2.75, 3.05) is 20.3 Å². The van der Waals surface area contributed by atoms with E-state index in [1.807, 2.05) is 18.4 Å². The molecule has 0 amide bonds. The van der Waals surface area contributed by atoms with Gasteiger partial charge in [-0.05, 0) is 26.0 Å². The lowest BCUT2D eigenvalue weighted by Crippen LogP contribution is -2.17. The van der Waals surface area contributed by atoms with Crippen LogP contribution in [0.15, 0.2) is 41.2 Å². The number of rotatable bonds is 7. The van der Waals surface area contributed by atoms with Crippen LogP contribution in [-0.2, 0) is 16.0 Å². The summed E-state index contributed by atoms with van der Waals surface area (Å²) in [4.78, 5) is 39.5. The van der Waals surface area contributed by atoms with Crippen LogP contribution in [-0.4, -0.2) is 41.6 Å². The molecule has 0 spiro atoms. The minimum atomic E-state index is -0.705. The number of aromatic amines is 1. The number of methoxy groups -OCH3 is 1. The highest BCUT2D eigenvalue weighted by molar-refractivity contribution is 6.05. The fraction of sp³-hybridized carbons (Fsp3) is 0.286. The Hall–Kier alpha value is -3.19. The standard InChI is InChI=1S/C21H22N2O5/c1-13-10-16(14(2)23(13)8-9-27-3)19(24)12-28-21(26)17-11-20(25)22-18-7-5-4-6-15(17)18/h4-7,10-11H,8-9,12H2,1-3H3,(H,22,25). The Balaban J connectivity index is 1.77. The molecule has 0 atom stereocenters. The van der Waals surface area contributed by atoms with Crippen LogP contribution in [0.4, 0.5) is 0 Å². The van der Waals surface area contributed by atoms with E-state index in [4.69, 9.17) is 9.47 Å². The molecule has 0 radical (unpaired) electrons. The molecule has 1 N–H and O–H groups in total. The molecule has 0 aliphatic rings. The molecule has 146 valence electrons. The van der Waals surface area contributed by atoms with E-state index >= 15 is 0 Å². The van der Waals surface area contributed by atoms with Crippen molar-refractivity contribution in [3.63, 3.8) is 0 Å². The van der Waals surface area contributed by atoms with Crippen LogP contribution in [0.2, 0.25) is 0 Å². The number of fused-ring (bicyclic) bond motifs is 1. The number of pyridine rings is 1. The molecule has 0 fully saturated rings. The third-order valence-electron chi connectivity index (χ3n) is 4.70. The molecule has 2 heterocycles. The Labute approximate surface area is 161 Å². The second kappa shape index (κ2) is 8.22. The van der Waals surface area contributed by atoms with Crippen LogP contribution in [0.25, 0.3) is 10.9 Å². The highest BCUT2D eigenvalue weighted by atomic mass is 16.5. The zero-order chi connectivity index (χ0) is 20.3. The summed E-state index contributed by atoms with van der Waals surface area (Å²) in [5.74, 6) is -0.997. The number of benzene rings is 1. The number of aromatic nitrogens is 2. The lowest BCUT2D eigenvalue weighted by molar-refractivity contribution is 0.0476. The predicted octanol–water partition coefficient (Wildman–Crippen LogP) is 2.63. The maximum absolute atomic E-state index is 12.6. The molecule has 0 saturated carbocycles. The Bertz CT molecular complexity index is 1090. The summed E-state index contributed by atoms with van der Waals surface area (Å²) in [6.45, 7) is 4.54. The van der Waals surface area contributed by atoms with Crippen molar-refractivity contribution in [2.24, 2.45) is 0 Å². The largest absolute Gasteiger partial charge is 0.454 e. The van der Waals surface area contributed by atoms with Crippen LogP contribution in [0.5, 0.6) is 0 Å². The third-order valence-corrected chi connectivity index (χ3v) is 4.70. The van der Waals surface area contributed by atoms with Crippen molar-refractivity contribution < 1.29 is 19.1 Å². The van der Waals surface area contributed by atoms with Crippen LogP contribution in [0.3, 0.4) is 0 Å². The Morgan fingerprint density at radius 1 is 1.11 bits per heavy atom.